The van der Waals surface area contributed by atoms with Gasteiger partial charge in [0.25, 0.3) is 11.8 Å². The topological polar surface area (TPSA) is 96.2 Å². The zero-order chi connectivity index (χ0) is 28.7. The Hall–Kier alpha value is -4.03. The molecule has 1 aliphatic carbocycles. The van der Waals surface area contributed by atoms with Crippen molar-refractivity contribution >= 4 is 40.0 Å². The van der Waals surface area contributed by atoms with E-state index in [-0.39, 0.29) is 44.9 Å². The predicted octanol–water partition coefficient (Wildman–Crippen LogP) is 5.59. The highest BCUT2D eigenvalue weighted by atomic mass is 35.5. The van der Waals surface area contributed by atoms with Gasteiger partial charge in [0.05, 0.1) is 16.8 Å². The van der Waals surface area contributed by atoms with Crippen molar-refractivity contribution in [3.05, 3.63) is 92.6 Å². The molecule has 1 saturated carbocycles. The summed E-state index contributed by atoms with van der Waals surface area (Å²) in [6, 6.07) is 5.92. The van der Waals surface area contributed by atoms with E-state index in [9.17, 15) is 36.6 Å². The van der Waals surface area contributed by atoms with Gasteiger partial charge in [-0.1, -0.05) is 11.6 Å². The van der Waals surface area contributed by atoms with Crippen LogP contribution in [0.4, 0.5) is 27.6 Å². The molecule has 206 valence electrons. The number of hydrogen-bond donors (Lipinski definition) is 3. The van der Waals surface area contributed by atoms with Crippen LogP contribution in [0.5, 0.6) is 0 Å². The maximum Gasteiger partial charge on any atom is 0.416 e. The first-order valence-electron chi connectivity index (χ1n) is 12.0. The largest absolute Gasteiger partial charge is 0.416 e. The van der Waals surface area contributed by atoms with Crippen molar-refractivity contribution in [2.75, 3.05) is 5.32 Å². The second-order valence-corrected chi connectivity index (χ2v) is 10.2. The monoisotopic (exact) mass is 576 g/mol. The quantitative estimate of drug-likeness (QED) is 0.276. The van der Waals surface area contributed by atoms with Crippen LogP contribution in [0.25, 0.3) is 10.9 Å². The van der Waals surface area contributed by atoms with E-state index in [2.05, 4.69) is 15.7 Å². The van der Waals surface area contributed by atoms with Crippen LogP contribution in [-0.2, 0) is 18.9 Å². The average Bonchev–Trinajstić information content (AvgIpc) is 3.59. The van der Waals surface area contributed by atoms with Gasteiger partial charge in [0.1, 0.15) is 17.2 Å². The first-order chi connectivity index (χ1) is 18.8. The van der Waals surface area contributed by atoms with E-state index in [1.807, 2.05) is 0 Å². The molecule has 0 bridgehead atoms. The lowest BCUT2D eigenvalue weighted by molar-refractivity contribution is -0.137. The SMILES string of the molecule is Cn1nc2c3c(c(NC(=O)c4cc(F)cc(C(F)(F)F)c4)cc2c1C1CC1)C(O)(c1cc(F)ccc1Cl)NC3=O. The van der Waals surface area contributed by atoms with Crippen LogP contribution in [0, 0.1) is 11.6 Å². The number of nitrogens with one attached hydrogen (secondary N) is 2. The van der Waals surface area contributed by atoms with Crippen LogP contribution in [0.2, 0.25) is 5.02 Å². The molecule has 7 nitrogen and oxygen atoms in total. The first-order valence-corrected chi connectivity index (χ1v) is 12.4. The Morgan fingerprint density at radius 3 is 2.55 bits per heavy atom. The summed E-state index contributed by atoms with van der Waals surface area (Å²) in [7, 11) is 1.67. The molecule has 4 aromatic rings. The fourth-order valence-corrected chi connectivity index (χ4v) is 5.49. The Bertz CT molecular complexity index is 1770. The Morgan fingerprint density at radius 1 is 1.15 bits per heavy atom. The molecule has 40 heavy (non-hydrogen) atoms. The molecule has 1 fully saturated rings. The van der Waals surface area contributed by atoms with Gasteiger partial charge in [-0.05, 0) is 55.3 Å². The van der Waals surface area contributed by atoms with Crippen LogP contribution in [0.15, 0.2) is 42.5 Å². The van der Waals surface area contributed by atoms with Crippen molar-refractivity contribution in [2.24, 2.45) is 7.05 Å². The zero-order valence-corrected chi connectivity index (χ0v) is 21.2. The number of aryl methyl sites for hydroxylation is 1. The molecule has 0 radical (unpaired) electrons. The summed E-state index contributed by atoms with van der Waals surface area (Å²) in [6.07, 6.45) is -3.21. The second kappa shape index (κ2) is 8.73. The number of fused-ring (bicyclic) bond motifs is 3. The van der Waals surface area contributed by atoms with Crippen LogP contribution in [0.3, 0.4) is 0 Å². The Kier molecular flexibility index (Phi) is 5.72. The Morgan fingerprint density at radius 2 is 1.88 bits per heavy atom. The number of alkyl halides is 3. The standard InChI is InChI=1S/C27H18ClF5N4O3/c1-37-23(11-2-3-11)16-10-19(34-24(38)12-6-13(27(31,32)33)8-15(30)7-12)21-20(22(16)36-37)25(39)35-26(21,40)17-9-14(29)4-5-18(17)28/h4-11,40H,2-3H2,1H3,(H,34,38)(H,35,39). The molecule has 2 amide bonds. The number of anilines is 1. The third-order valence-electron chi connectivity index (χ3n) is 7.08. The Balaban J connectivity index is 1.58. The number of rotatable bonds is 4. The summed E-state index contributed by atoms with van der Waals surface area (Å²) in [5.41, 5.74) is -4.33. The molecule has 1 aromatic heterocycles. The van der Waals surface area contributed by atoms with E-state index in [0.717, 1.165) is 30.7 Å². The predicted molar refractivity (Wildman–Crippen MR) is 134 cm³/mol. The van der Waals surface area contributed by atoms with Gasteiger partial charge in [0.15, 0.2) is 5.72 Å². The summed E-state index contributed by atoms with van der Waals surface area (Å²) < 4.78 is 69.8. The van der Waals surface area contributed by atoms with Gasteiger partial charge in [-0.15, -0.1) is 0 Å². The maximum atomic E-state index is 14.3. The van der Waals surface area contributed by atoms with Crippen molar-refractivity contribution in [1.82, 2.24) is 15.1 Å². The molecule has 6 rings (SSSR count). The Labute approximate surface area is 227 Å². The molecule has 0 saturated heterocycles. The number of aromatic nitrogens is 2. The summed E-state index contributed by atoms with van der Waals surface area (Å²) in [5.74, 6) is -3.89. The maximum absolute atomic E-state index is 14.3. The number of amides is 2. The van der Waals surface area contributed by atoms with E-state index in [0.29, 0.717) is 17.5 Å². The molecule has 1 atom stereocenters. The fourth-order valence-electron chi connectivity index (χ4n) is 5.23. The van der Waals surface area contributed by atoms with Crippen LogP contribution < -0.4 is 10.6 Å². The third-order valence-corrected chi connectivity index (χ3v) is 7.41. The summed E-state index contributed by atoms with van der Waals surface area (Å²) in [5, 5.41) is 21.5. The number of hydrogen-bond acceptors (Lipinski definition) is 4. The van der Waals surface area contributed by atoms with Gasteiger partial charge in [0.2, 0.25) is 0 Å². The minimum absolute atomic E-state index is 0.117. The first kappa shape index (κ1) is 26.2. The van der Waals surface area contributed by atoms with Gasteiger partial charge < -0.3 is 15.7 Å². The van der Waals surface area contributed by atoms with Gasteiger partial charge in [-0.25, -0.2) is 8.78 Å². The smallest absolute Gasteiger partial charge is 0.363 e. The molecule has 3 aromatic carbocycles. The van der Waals surface area contributed by atoms with Crippen molar-refractivity contribution in [2.45, 2.75) is 30.7 Å². The highest BCUT2D eigenvalue weighted by Gasteiger charge is 2.49. The van der Waals surface area contributed by atoms with E-state index in [4.69, 9.17) is 11.6 Å². The molecule has 1 unspecified atom stereocenters. The molecular weight excluding hydrogens is 559 g/mol. The van der Waals surface area contributed by atoms with Crippen LogP contribution in [0.1, 0.15) is 61.9 Å². The normalized spacial score (nSPS) is 18.6. The number of carbonyl (C=O) groups excluding carboxylic acids is 2. The summed E-state index contributed by atoms with van der Waals surface area (Å²) in [4.78, 5) is 26.6. The second-order valence-electron chi connectivity index (χ2n) is 9.82. The molecule has 1 aliphatic heterocycles. The van der Waals surface area contributed by atoms with Crippen molar-refractivity contribution in [1.29, 1.82) is 0 Å². The van der Waals surface area contributed by atoms with Gasteiger partial charge in [0, 0.05) is 45.8 Å². The summed E-state index contributed by atoms with van der Waals surface area (Å²) in [6.45, 7) is 0. The third kappa shape index (κ3) is 4.09. The van der Waals surface area contributed by atoms with E-state index < -0.39 is 46.5 Å². The number of nitrogens with zero attached hydrogens (tertiary/aromatic N) is 2. The molecule has 2 heterocycles. The molecular formula is C27H18ClF5N4O3. The molecule has 3 N–H and O–H groups in total. The number of aliphatic hydroxyl groups is 1. The van der Waals surface area contributed by atoms with Crippen molar-refractivity contribution in [3.8, 4) is 0 Å². The molecule has 13 heteroatoms. The fraction of sp³-hybridized carbons (Fsp3) is 0.222. The van der Waals surface area contributed by atoms with E-state index >= 15 is 0 Å². The van der Waals surface area contributed by atoms with Crippen molar-refractivity contribution < 1.29 is 36.6 Å². The van der Waals surface area contributed by atoms with Crippen LogP contribution in [-0.4, -0.2) is 26.7 Å². The van der Waals surface area contributed by atoms with Gasteiger partial charge in [-0.2, -0.15) is 18.3 Å². The highest BCUT2D eigenvalue weighted by Crippen LogP contribution is 2.49. The van der Waals surface area contributed by atoms with Gasteiger partial charge >= 0.3 is 6.18 Å². The molecule has 2 aliphatic rings. The highest BCUT2D eigenvalue weighted by molar-refractivity contribution is 6.31. The van der Waals surface area contributed by atoms with E-state index in [1.165, 1.54) is 12.1 Å². The lowest BCUT2D eigenvalue weighted by Gasteiger charge is -2.27. The lowest BCUT2D eigenvalue weighted by Crippen LogP contribution is -2.41. The minimum atomic E-state index is -4.92. The number of halogens is 6. The number of benzene rings is 3. The molecule has 0 spiro atoms. The van der Waals surface area contributed by atoms with Crippen molar-refractivity contribution in [3.63, 3.8) is 0 Å². The summed E-state index contributed by atoms with van der Waals surface area (Å²) >= 11 is 6.28. The zero-order valence-electron chi connectivity index (χ0n) is 20.5. The minimum Gasteiger partial charge on any atom is -0.363 e. The van der Waals surface area contributed by atoms with Gasteiger partial charge in [-0.3, -0.25) is 14.3 Å². The lowest BCUT2D eigenvalue weighted by atomic mass is 9.90. The van der Waals surface area contributed by atoms with E-state index in [1.54, 1.807) is 11.7 Å². The average molecular weight is 577 g/mol. The van der Waals surface area contributed by atoms with Crippen LogP contribution >= 0.6 is 11.6 Å². The number of carbonyl (C=O) groups is 2.